The van der Waals surface area contributed by atoms with Crippen molar-refractivity contribution in [1.29, 1.82) is 0 Å². The first-order valence-corrected chi connectivity index (χ1v) is 6.13. The van der Waals surface area contributed by atoms with Crippen LogP contribution in [0.25, 0.3) is 0 Å². The smallest absolute Gasteiger partial charge is 0.175 e. The molecule has 0 spiro atoms. The second-order valence-corrected chi connectivity index (χ2v) is 4.64. The SMILES string of the molecule is CN(Cc1cscn1)c1cc(Cl)nnc1Cl. The van der Waals surface area contributed by atoms with E-state index in [9.17, 15) is 0 Å². The summed E-state index contributed by atoms with van der Waals surface area (Å²) >= 11 is 13.3. The lowest BCUT2D eigenvalue weighted by atomic mass is 10.4. The maximum absolute atomic E-state index is 5.94. The summed E-state index contributed by atoms with van der Waals surface area (Å²) in [5.74, 6) is 0. The zero-order valence-electron chi connectivity index (χ0n) is 8.39. The standard InChI is InChI=1S/C9H8Cl2N4S/c1-15(3-6-4-16-5-12-6)7-2-8(10)13-14-9(7)11/h2,4-5H,3H2,1H3. The summed E-state index contributed by atoms with van der Waals surface area (Å²) < 4.78 is 0. The van der Waals surface area contributed by atoms with Gasteiger partial charge in [0, 0.05) is 18.5 Å². The van der Waals surface area contributed by atoms with Crippen LogP contribution in [0.2, 0.25) is 10.3 Å². The fourth-order valence-corrected chi connectivity index (χ4v) is 2.18. The summed E-state index contributed by atoms with van der Waals surface area (Å²) in [6, 6.07) is 1.68. The van der Waals surface area contributed by atoms with E-state index >= 15 is 0 Å². The molecule has 0 N–H and O–H groups in total. The molecular weight excluding hydrogens is 267 g/mol. The zero-order chi connectivity index (χ0) is 11.5. The maximum Gasteiger partial charge on any atom is 0.175 e. The number of halogens is 2. The molecule has 0 aliphatic heterocycles. The summed E-state index contributed by atoms with van der Waals surface area (Å²) in [5, 5.41) is 10.1. The predicted molar refractivity (Wildman–Crippen MR) is 66.3 cm³/mol. The van der Waals surface area contributed by atoms with Crippen molar-refractivity contribution in [1.82, 2.24) is 15.2 Å². The fraction of sp³-hybridized carbons (Fsp3) is 0.222. The van der Waals surface area contributed by atoms with Gasteiger partial charge in [0.05, 0.1) is 23.4 Å². The Morgan fingerprint density at radius 1 is 1.38 bits per heavy atom. The van der Waals surface area contributed by atoms with Crippen LogP contribution in [-0.2, 0) is 6.54 Å². The van der Waals surface area contributed by atoms with Gasteiger partial charge in [-0.1, -0.05) is 23.2 Å². The molecule has 0 unspecified atom stereocenters. The largest absolute Gasteiger partial charge is 0.366 e. The van der Waals surface area contributed by atoms with Gasteiger partial charge in [-0.2, -0.15) is 0 Å². The number of aromatic nitrogens is 3. The van der Waals surface area contributed by atoms with Gasteiger partial charge < -0.3 is 4.90 Å². The summed E-state index contributed by atoms with van der Waals surface area (Å²) in [6.45, 7) is 0.658. The van der Waals surface area contributed by atoms with Crippen LogP contribution in [0, 0.1) is 0 Å². The molecule has 0 saturated carbocycles. The highest BCUT2D eigenvalue weighted by Gasteiger charge is 2.10. The third-order valence-corrected chi connectivity index (χ3v) is 3.08. The number of thiazole rings is 1. The van der Waals surface area contributed by atoms with Crippen molar-refractivity contribution in [3.05, 3.63) is 33.0 Å². The molecule has 2 heterocycles. The molecule has 0 aliphatic carbocycles. The minimum atomic E-state index is 0.324. The van der Waals surface area contributed by atoms with Crippen LogP contribution in [0.3, 0.4) is 0 Å². The Labute approximate surface area is 107 Å². The third-order valence-electron chi connectivity index (χ3n) is 1.99. The Hall–Kier alpha value is -0.910. The van der Waals surface area contributed by atoms with Crippen molar-refractivity contribution in [2.45, 2.75) is 6.54 Å². The van der Waals surface area contributed by atoms with Gasteiger partial charge in [0.2, 0.25) is 0 Å². The van der Waals surface area contributed by atoms with Crippen LogP contribution < -0.4 is 4.90 Å². The first-order chi connectivity index (χ1) is 7.66. The lowest BCUT2D eigenvalue weighted by molar-refractivity contribution is 0.881. The second-order valence-electron chi connectivity index (χ2n) is 3.18. The van der Waals surface area contributed by atoms with E-state index < -0.39 is 0 Å². The van der Waals surface area contributed by atoms with Crippen LogP contribution in [0.1, 0.15) is 5.69 Å². The molecule has 0 amide bonds. The minimum absolute atomic E-state index is 0.324. The Morgan fingerprint density at radius 2 is 2.19 bits per heavy atom. The molecule has 2 aromatic heterocycles. The second kappa shape index (κ2) is 4.95. The van der Waals surface area contributed by atoms with Crippen LogP contribution in [0.15, 0.2) is 17.0 Å². The van der Waals surface area contributed by atoms with Gasteiger partial charge in [-0.05, 0) is 0 Å². The minimum Gasteiger partial charge on any atom is -0.366 e. The molecule has 0 aromatic carbocycles. The third kappa shape index (κ3) is 2.61. The van der Waals surface area contributed by atoms with Crippen molar-refractivity contribution >= 4 is 40.2 Å². The first kappa shape index (κ1) is 11.6. The normalized spacial score (nSPS) is 10.4. The van der Waals surface area contributed by atoms with Gasteiger partial charge >= 0.3 is 0 Å². The molecule has 2 rings (SSSR count). The van der Waals surface area contributed by atoms with Gasteiger partial charge in [0.15, 0.2) is 10.3 Å². The van der Waals surface area contributed by atoms with Crippen molar-refractivity contribution in [2.75, 3.05) is 11.9 Å². The lowest BCUT2D eigenvalue weighted by Crippen LogP contribution is -2.17. The van der Waals surface area contributed by atoms with Gasteiger partial charge in [-0.15, -0.1) is 21.5 Å². The van der Waals surface area contributed by atoms with Crippen molar-refractivity contribution < 1.29 is 0 Å². The van der Waals surface area contributed by atoms with Gasteiger partial charge in [-0.25, -0.2) is 4.98 Å². The van der Waals surface area contributed by atoms with E-state index in [-0.39, 0.29) is 0 Å². The van der Waals surface area contributed by atoms with Crippen molar-refractivity contribution in [3.63, 3.8) is 0 Å². The highest BCUT2D eigenvalue weighted by Crippen LogP contribution is 2.25. The molecule has 0 saturated heterocycles. The van der Waals surface area contributed by atoms with Crippen LogP contribution in [0.4, 0.5) is 5.69 Å². The highest BCUT2D eigenvalue weighted by molar-refractivity contribution is 7.07. The van der Waals surface area contributed by atoms with E-state index in [1.54, 1.807) is 22.9 Å². The topological polar surface area (TPSA) is 41.9 Å². The summed E-state index contributed by atoms with van der Waals surface area (Å²) in [4.78, 5) is 6.13. The van der Waals surface area contributed by atoms with E-state index in [2.05, 4.69) is 15.2 Å². The monoisotopic (exact) mass is 274 g/mol. The number of anilines is 1. The summed E-state index contributed by atoms with van der Waals surface area (Å²) in [5.41, 5.74) is 3.52. The highest BCUT2D eigenvalue weighted by atomic mass is 35.5. The van der Waals surface area contributed by atoms with E-state index in [0.29, 0.717) is 16.9 Å². The van der Waals surface area contributed by atoms with Crippen LogP contribution in [0.5, 0.6) is 0 Å². The molecule has 7 heteroatoms. The van der Waals surface area contributed by atoms with E-state index in [4.69, 9.17) is 23.2 Å². The lowest BCUT2D eigenvalue weighted by Gasteiger charge is -2.18. The van der Waals surface area contributed by atoms with E-state index in [0.717, 1.165) is 11.4 Å². The molecule has 4 nitrogen and oxygen atoms in total. The molecule has 0 bridgehead atoms. The number of rotatable bonds is 3. The molecule has 0 radical (unpaired) electrons. The Balaban J connectivity index is 2.20. The molecule has 0 aliphatic rings. The first-order valence-electron chi connectivity index (χ1n) is 4.44. The Morgan fingerprint density at radius 3 is 2.88 bits per heavy atom. The van der Waals surface area contributed by atoms with Crippen molar-refractivity contribution in [3.8, 4) is 0 Å². The molecule has 0 atom stereocenters. The van der Waals surface area contributed by atoms with E-state index in [1.807, 2.05) is 17.3 Å². The molecule has 16 heavy (non-hydrogen) atoms. The number of hydrogen-bond acceptors (Lipinski definition) is 5. The molecule has 84 valence electrons. The summed E-state index contributed by atoms with van der Waals surface area (Å²) in [6.07, 6.45) is 0. The molecular formula is C9H8Cl2N4S. The van der Waals surface area contributed by atoms with Crippen LogP contribution in [-0.4, -0.2) is 22.2 Å². The number of hydrogen-bond donors (Lipinski definition) is 0. The van der Waals surface area contributed by atoms with Gasteiger partial charge in [0.25, 0.3) is 0 Å². The van der Waals surface area contributed by atoms with Gasteiger partial charge in [0.1, 0.15) is 0 Å². The maximum atomic E-state index is 5.94. The van der Waals surface area contributed by atoms with E-state index in [1.165, 1.54) is 0 Å². The van der Waals surface area contributed by atoms with Gasteiger partial charge in [-0.3, -0.25) is 0 Å². The average Bonchev–Trinajstić information content (AvgIpc) is 2.74. The van der Waals surface area contributed by atoms with Crippen LogP contribution >= 0.6 is 34.5 Å². The summed E-state index contributed by atoms with van der Waals surface area (Å²) in [7, 11) is 1.90. The molecule has 0 fully saturated rings. The fourth-order valence-electron chi connectivity index (χ4n) is 1.26. The average molecular weight is 275 g/mol. The number of nitrogens with zero attached hydrogens (tertiary/aromatic N) is 4. The Kier molecular flexibility index (Phi) is 3.58. The quantitative estimate of drug-likeness (QED) is 0.863. The predicted octanol–water partition coefficient (Wildman–Crippen LogP) is 2.88. The van der Waals surface area contributed by atoms with Crippen molar-refractivity contribution in [2.24, 2.45) is 0 Å². The zero-order valence-corrected chi connectivity index (χ0v) is 10.7. The molecule has 2 aromatic rings. The Bertz CT molecular complexity index is 474.